The van der Waals surface area contributed by atoms with Crippen molar-refractivity contribution in [3.8, 4) is 11.5 Å². The minimum Gasteiger partial charge on any atom is -0.486 e. The highest BCUT2D eigenvalue weighted by molar-refractivity contribution is 5.96. The van der Waals surface area contributed by atoms with Gasteiger partial charge < -0.3 is 19.1 Å². The molecule has 0 aromatic heterocycles. The largest absolute Gasteiger partial charge is 0.486 e. The molecular formula is C19H24N2O7. The van der Waals surface area contributed by atoms with Gasteiger partial charge in [0.1, 0.15) is 18.8 Å². The Labute approximate surface area is 162 Å². The van der Waals surface area contributed by atoms with Gasteiger partial charge in [0.25, 0.3) is 11.6 Å². The molecule has 3 rings (SSSR count). The Balaban J connectivity index is 1.74. The second-order valence-electron chi connectivity index (χ2n) is 7.06. The molecular weight excluding hydrogens is 368 g/mol. The molecule has 0 unspecified atom stereocenters. The number of benzene rings is 1. The lowest BCUT2D eigenvalue weighted by molar-refractivity contribution is -0.385. The number of nitro groups is 1. The fourth-order valence-corrected chi connectivity index (χ4v) is 3.60. The molecule has 1 atom stereocenters. The van der Waals surface area contributed by atoms with E-state index in [-0.39, 0.29) is 42.2 Å². The predicted molar refractivity (Wildman–Crippen MR) is 98.6 cm³/mol. The lowest BCUT2D eigenvalue weighted by atomic mass is 9.94. The van der Waals surface area contributed by atoms with Gasteiger partial charge in [-0.25, -0.2) is 4.79 Å². The number of hydrogen-bond acceptors (Lipinski definition) is 7. The second kappa shape index (κ2) is 8.45. The minimum absolute atomic E-state index is 0.131. The van der Waals surface area contributed by atoms with Crippen LogP contribution in [-0.2, 0) is 9.53 Å². The van der Waals surface area contributed by atoms with Gasteiger partial charge in [0.15, 0.2) is 17.6 Å². The molecule has 28 heavy (non-hydrogen) atoms. The topological polar surface area (TPSA) is 108 Å². The van der Waals surface area contributed by atoms with E-state index in [0.29, 0.717) is 0 Å². The van der Waals surface area contributed by atoms with Crippen molar-refractivity contribution in [3.05, 3.63) is 27.8 Å². The number of rotatable bonds is 5. The normalized spacial score (nSPS) is 17.5. The average molecular weight is 392 g/mol. The minimum atomic E-state index is -1.05. The molecule has 0 bridgehead atoms. The van der Waals surface area contributed by atoms with Crippen LogP contribution in [0.2, 0.25) is 0 Å². The number of hydrogen-bond donors (Lipinski definition) is 0. The summed E-state index contributed by atoms with van der Waals surface area (Å²) in [6.07, 6.45) is 4.11. The maximum atomic E-state index is 12.6. The lowest BCUT2D eigenvalue weighted by Crippen LogP contribution is -2.44. The van der Waals surface area contributed by atoms with Gasteiger partial charge in [0.2, 0.25) is 0 Å². The number of fused-ring (bicyclic) bond motifs is 1. The third-order valence-corrected chi connectivity index (χ3v) is 5.18. The molecule has 2 aliphatic rings. The first-order valence-electron chi connectivity index (χ1n) is 9.44. The summed E-state index contributed by atoms with van der Waals surface area (Å²) in [5, 5.41) is 11.4. The number of amides is 1. The fourth-order valence-electron chi connectivity index (χ4n) is 3.60. The second-order valence-corrected chi connectivity index (χ2v) is 7.06. The van der Waals surface area contributed by atoms with Crippen molar-refractivity contribution in [2.45, 2.75) is 51.2 Å². The molecule has 1 aromatic rings. The number of esters is 1. The van der Waals surface area contributed by atoms with Gasteiger partial charge >= 0.3 is 5.97 Å². The number of nitrogens with zero attached hydrogens (tertiary/aromatic N) is 2. The summed E-state index contributed by atoms with van der Waals surface area (Å²) < 4.78 is 16.0. The predicted octanol–water partition coefficient (Wildman–Crippen LogP) is 2.70. The molecule has 0 spiro atoms. The van der Waals surface area contributed by atoms with Gasteiger partial charge in [-0.15, -0.1) is 0 Å². The first-order chi connectivity index (χ1) is 13.4. The molecule has 1 aromatic carbocycles. The monoisotopic (exact) mass is 392 g/mol. The third-order valence-electron chi connectivity index (χ3n) is 5.18. The van der Waals surface area contributed by atoms with Crippen LogP contribution in [0.25, 0.3) is 0 Å². The van der Waals surface area contributed by atoms with Crippen molar-refractivity contribution < 1.29 is 28.7 Å². The molecule has 1 amide bonds. The van der Waals surface area contributed by atoms with Crippen LogP contribution in [0.3, 0.4) is 0 Å². The Hall–Kier alpha value is -2.84. The van der Waals surface area contributed by atoms with Gasteiger partial charge in [0.05, 0.1) is 11.0 Å². The van der Waals surface area contributed by atoms with Crippen LogP contribution in [0.5, 0.6) is 11.5 Å². The van der Waals surface area contributed by atoms with Gasteiger partial charge in [-0.2, -0.15) is 0 Å². The van der Waals surface area contributed by atoms with E-state index in [1.165, 1.54) is 13.0 Å². The van der Waals surface area contributed by atoms with E-state index in [1.807, 2.05) is 0 Å². The van der Waals surface area contributed by atoms with E-state index in [4.69, 9.17) is 14.2 Å². The third kappa shape index (κ3) is 4.18. The van der Waals surface area contributed by atoms with Crippen LogP contribution in [0.1, 0.15) is 49.4 Å². The van der Waals surface area contributed by atoms with Gasteiger partial charge in [-0.3, -0.25) is 14.9 Å². The zero-order chi connectivity index (χ0) is 20.3. The summed E-state index contributed by atoms with van der Waals surface area (Å²) in [5.41, 5.74) is -0.719. The molecule has 152 valence electrons. The molecule has 1 fully saturated rings. The molecule has 0 saturated heterocycles. The first-order valence-corrected chi connectivity index (χ1v) is 9.44. The molecule has 9 nitrogen and oxygen atoms in total. The van der Waals surface area contributed by atoms with E-state index in [1.54, 1.807) is 11.9 Å². The van der Waals surface area contributed by atoms with E-state index >= 15 is 0 Å². The smallest absolute Gasteiger partial charge is 0.346 e. The molecule has 1 saturated carbocycles. The number of nitro benzene ring substituents is 1. The highest BCUT2D eigenvalue weighted by Gasteiger charge is 2.32. The standard InChI is InChI=1S/C19H24N2O7/c1-12(18(22)20(2)13-6-4-3-5-7-13)28-19(23)14-10-16-17(27-9-8-26-16)11-15(14)21(24)25/h10-13H,3-9H2,1-2H3/t12-/m1/s1. The van der Waals surface area contributed by atoms with Crippen molar-refractivity contribution in [1.29, 1.82) is 0 Å². The van der Waals surface area contributed by atoms with Crippen LogP contribution in [0.4, 0.5) is 5.69 Å². The zero-order valence-corrected chi connectivity index (χ0v) is 16.0. The number of ether oxygens (including phenoxy) is 3. The van der Waals surface area contributed by atoms with E-state index in [9.17, 15) is 19.7 Å². The highest BCUT2D eigenvalue weighted by Crippen LogP contribution is 2.37. The van der Waals surface area contributed by atoms with E-state index in [2.05, 4.69) is 0 Å². The molecule has 1 aliphatic heterocycles. The van der Waals surface area contributed by atoms with E-state index in [0.717, 1.165) is 38.2 Å². The van der Waals surface area contributed by atoms with Gasteiger partial charge in [-0.1, -0.05) is 19.3 Å². The van der Waals surface area contributed by atoms with Gasteiger partial charge in [0, 0.05) is 19.2 Å². The van der Waals surface area contributed by atoms with Crippen molar-refractivity contribution in [2.24, 2.45) is 0 Å². The van der Waals surface area contributed by atoms with Crippen molar-refractivity contribution in [2.75, 3.05) is 20.3 Å². The van der Waals surface area contributed by atoms with Crippen LogP contribution in [-0.4, -0.2) is 54.1 Å². The Morgan fingerprint density at radius 1 is 1.18 bits per heavy atom. The van der Waals surface area contributed by atoms with Crippen LogP contribution < -0.4 is 9.47 Å². The summed E-state index contributed by atoms with van der Waals surface area (Å²) >= 11 is 0. The first kappa shape index (κ1) is 19.9. The number of likely N-dealkylation sites (N-methyl/N-ethyl adjacent to an activating group) is 1. The number of carbonyl (C=O) groups is 2. The van der Waals surface area contributed by atoms with Crippen LogP contribution >= 0.6 is 0 Å². The maximum Gasteiger partial charge on any atom is 0.346 e. The Bertz CT molecular complexity index is 774. The SMILES string of the molecule is C[C@@H](OC(=O)c1cc2c(cc1[N+](=O)[O-])OCCO2)C(=O)N(C)C1CCCCC1. The van der Waals surface area contributed by atoms with Crippen LogP contribution in [0.15, 0.2) is 12.1 Å². The van der Waals surface area contributed by atoms with Crippen molar-refractivity contribution >= 4 is 17.6 Å². The average Bonchev–Trinajstić information content (AvgIpc) is 2.72. The van der Waals surface area contributed by atoms with Gasteiger partial charge in [-0.05, 0) is 19.8 Å². The molecule has 1 heterocycles. The summed E-state index contributed by atoms with van der Waals surface area (Å²) in [4.78, 5) is 37.5. The zero-order valence-electron chi connectivity index (χ0n) is 16.0. The Morgan fingerprint density at radius 2 is 1.79 bits per heavy atom. The van der Waals surface area contributed by atoms with Crippen LogP contribution in [0, 0.1) is 10.1 Å². The number of carbonyl (C=O) groups excluding carboxylic acids is 2. The molecule has 9 heteroatoms. The molecule has 0 radical (unpaired) electrons. The maximum absolute atomic E-state index is 12.6. The molecule has 0 N–H and O–H groups in total. The fraction of sp³-hybridized carbons (Fsp3) is 0.579. The summed E-state index contributed by atoms with van der Waals surface area (Å²) in [6, 6.07) is 2.51. The van der Waals surface area contributed by atoms with Crippen molar-refractivity contribution in [3.63, 3.8) is 0 Å². The Kier molecular flexibility index (Phi) is 6.01. The molecule has 1 aliphatic carbocycles. The summed E-state index contributed by atoms with van der Waals surface area (Å²) in [7, 11) is 1.70. The quantitative estimate of drug-likeness (QED) is 0.431. The Morgan fingerprint density at radius 3 is 2.39 bits per heavy atom. The highest BCUT2D eigenvalue weighted by atomic mass is 16.6. The summed E-state index contributed by atoms with van der Waals surface area (Å²) in [6.45, 7) is 2.02. The van der Waals surface area contributed by atoms with E-state index < -0.39 is 22.7 Å². The summed E-state index contributed by atoms with van der Waals surface area (Å²) in [5.74, 6) is -0.820. The van der Waals surface area contributed by atoms with Crippen molar-refractivity contribution in [1.82, 2.24) is 4.90 Å². The lowest BCUT2D eigenvalue weighted by Gasteiger charge is -2.32.